The number of hydrogen-bond donors (Lipinski definition) is 0. The molecular weight excluding hydrogens is 244 g/mol. The Bertz CT molecular complexity index is 256. The highest BCUT2D eigenvalue weighted by molar-refractivity contribution is 5.01. The van der Waals surface area contributed by atoms with E-state index in [4.69, 9.17) is 4.74 Å². The molecule has 1 aliphatic heterocycles. The average molecular weight is 278 g/mol. The number of rotatable bonds is 14. The fraction of sp³-hybridized carbons (Fsp3) is 0.789. The van der Waals surface area contributed by atoms with Crippen LogP contribution in [0.15, 0.2) is 24.8 Å². The molecule has 0 amide bonds. The van der Waals surface area contributed by atoms with Crippen LogP contribution in [0.25, 0.3) is 0 Å². The van der Waals surface area contributed by atoms with Crippen LogP contribution in [0.4, 0.5) is 0 Å². The first-order chi connectivity index (χ1) is 9.88. The maximum Gasteiger partial charge on any atom is 0.0876 e. The molecule has 2 unspecified atom stereocenters. The summed E-state index contributed by atoms with van der Waals surface area (Å²) in [6, 6.07) is 0. The van der Waals surface area contributed by atoms with Gasteiger partial charge in [0.1, 0.15) is 0 Å². The van der Waals surface area contributed by atoms with Crippen molar-refractivity contribution in [1.29, 1.82) is 0 Å². The Morgan fingerprint density at radius 1 is 0.850 bits per heavy atom. The predicted octanol–water partition coefficient (Wildman–Crippen LogP) is 6.20. The summed E-state index contributed by atoms with van der Waals surface area (Å²) in [5.41, 5.74) is 0. The zero-order chi connectivity index (χ0) is 14.5. The second kappa shape index (κ2) is 12.2. The molecule has 1 rings (SSSR count). The molecule has 0 bridgehead atoms. The monoisotopic (exact) mass is 278 g/mol. The number of unbranched alkanes of at least 4 members (excludes halogenated alkanes) is 9. The molecule has 1 fully saturated rings. The van der Waals surface area contributed by atoms with E-state index < -0.39 is 0 Å². The van der Waals surface area contributed by atoms with Gasteiger partial charge in [-0.25, -0.2) is 0 Å². The SMILES string of the molecule is C=C/C=C/CC1OC1CCCCCCCCCCCC. The summed E-state index contributed by atoms with van der Waals surface area (Å²) in [6.07, 6.45) is 23.5. The van der Waals surface area contributed by atoms with Crippen molar-refractivity contribution in [3.63, 3.8) is 0 Å². The quantitative estimate of drug-likeness (QED) is 0.209. The third kappa shape index (κ3) is 9.36. The van der Waals surface area contributed by atoms with Gasteiger partial charge < -0.3 is 4.74 Å². The standard InChI is InChI=1S/C19H34O/c1-3-5-7-8-9-10-11-12-13-15-17-19-18(20-19)16-14-6-4-2/h4,6,14,18-19H,2-3,5,7-13,15-17H2,1H3/b14-6+. The number of hydrogen-bond acceptors (Lipinski definition) is 1. The second-order valence-electron chi connectivity index (χ2n) is 6.08. The summed E-state index contributed by atoms with van der Waals surface area (Å²) in [5.74, 6) is 0. The maximum absolute atomic E-state index is 5.66. The average Bonchev–Trinajstić information content (AvgIpc) is 3.20. The third-order valence-electron chi connectivity index (χ3n) is 4.17. The molecule has 0 N–H and O–H groups in total. The Kier molecular flexibility index (Phi) is 10.7. The van der Waals surface area contributed by atoms with Gasteiger partial charge in [0.05, 0.1) is 12.2 Å². The normalized spacial score (nSPS) is 21.4. The van der Waals surface area contributed by atoms with E-state index in [2.05, 4.69) is 19.6 Å². The smallest absolute Gasteiger partial charge is 0.0876 e. The summed E-state index contributed by atoms with van der Waals surface area (Å²) < 4.78 is 5.66. The lowest BCUT2D eigenvalue weighted by molar-refractivity contribution is 0.358. The van der Waals surface area contributed by atoms with Gasteiger partial charge in [-0.2, -0.15) is 0 Å². The maximum atomic E-state index is 5.66. The van der Waals surface area contributed by atoms with Crippen molar-refractivity contribution >= 4 is 0 Å². The van der Waals surface area contributed by atoms with E-state index in [9.17, 15) is 0 Å². The van der Waals surface area contributed by atoms with Gasteiger partial charge in [-0.3, -0.25) is 0 Å². The minimum atomic E-state index is 0.504. The second-order valence-corrected chi connectivity index (χ2v) is 6.08. The molecular formula is C19H34O. The Hall–Kier alpha value is -0.560. The van der Waals surface area contributed by atoms with Gasteiger partial charge in [-0.05, 0) is 12.8 Å². The largest absolute Gasteiger partial charge is 0.369 e. The van der Waals surface area contributed by atoms with Crippen molar-refractivity contribution in [2.45, 2.75) is 96.2 Å². The summed E-state index contributed by atoms with van der Waals surface area (Å²) in [6.45, 7) is 5.96. The molecule has 116 valence electrons. The molecule has 0 radical (unpaired) electrons. The van der Waals surface area contributed by atoms with Crippen molar-refractivity contribution in [3.05, 3.63) is 24.8 Å². The van der Waals surface area contributed by atoms with E-state index in [1.807, 2.05) is 12.2 Å². The van der Waals surface area contributed by atoms with Crippen molar-refractivity contribution in [1.82, 2.24) is 0 Å². The molecule has 2 atom stereocenters. The van der Waals surface area contributed by atoms with Crippen LogP contribution in [0.1, 0.15) is 84.0 Å². The first kappa shape index (κ1) is 17.5. The van der Waals surface area contributed by atoms with Crippen LogP contribution < -0.4 is 0 Å². The molecule has 1 heterocycles. The van der Waals surface area contributed by atoms with Crippen molar-refractivity contribution < 1.29 is 4.74 Å². The number of allylic oxidation sites excluding steroid dienone is 2. The molecule has 0 aromatic rings. The van der Waals surface area contributed by atoms with Crippen molar-refractivity contribution in [2.75, 3.05) is 0 Å². The number of epoxide rings is 1. The minimum absolute atomic E-state index is 0.504. The topological polar surface area (TPSA) is 12.5 Å². The Morgan fingerprint density at radius 3 is 2.05 bits per heavy atom. The molecule has 0 spiro atoms. The fourth-order valence-electron chi connectivity index (χ4n) is 2.78. The zero-order valence-electron chi connectivity index (χ0n) is 13.5. The minimum Gasteiger partial charge on any atom is -0.369 e. The fourth-order valence-corrected chi connectivity index (χ4v) is 2.78. The lowest BCUT2D eigenvalue weighted by atomic mass is 10.0. The van der Waals surface area contributed by atoms with Gasteiger partial charge in [0.15, 0.2) is 0 Å². The first-order valence-electron chi connectivity index (χ1n) is 8.81. The highest BCUT2D eigenvalue weighted by Crippen LogP contribution is 2.30. The van der Waals surface area contributed by atoms with Crippen LogP contribution >= 0.6 is 0 Å². The van der Waals surface area contributed by atoms with Crippen LogP contribution in [0.2, 0.25) is 0 Å². The lowest BCUT2D eigenvalue weighted by Crippen LogP contribution is -1.92. The van der Waals surface area contributed by atoms with Crippen molar-refractivity contribution in [3.8, 4) is 0 Å². The lowest BCUT2D eigenvalue weighted by Gasteiger charge is -2.01. The molecule has 1 aliphatic rings. The Labute approximate surface area is 126 Å². The van der Waals surface area contributed by atoms with Gasteiger partial charge in [0.25, 0.3) is 0 Å². The molecule has 0 aromatic carbocycles. The van der Waals surface area contributed by atoms with E-state index in [0.29, 0.717) is 12.2 Å². The summed E-state index contributed by atoms with van der Waals surface area (Å²) in [5, 5.41) is 0. The van der Waals surface area contributed by atoms with E-state index in [1.54, 1.807) is 0 Å². The highest BCUT2D eigenvalue weighted by Gasteiger charge is 2.36. The van der Waals surface area contributed by atoms with Crippen LogP contribution in [0.3, 0.4) is 0 Å². The van der Waals surface area contributed by atoms with E-state index in [1.165, 1.54) is 70.6 Å². The Balaban J connectivity index is 1.75. The van der Waals surface area contributed by atoms with E-state index >= 15 is 0 Å². The van der Waals surface area contributed by atoms with Crippen LogP contribution in [0, 0.1) is 0 Å². The number of ether oxygens (including phenoxy) is 1. The van der Waals surface area contributed by atoms with Crippen LogP contribution in [0.5, 0.6) is 0 Å². The molecule has 0 saturated carbocycles. The van der Waals surface area contributed by atoms with E-state index in [-0.39, 0.29) is 0 Å². The van der Waals surface area contributed by atoms with Gasteiger partial charge >= 0.3 is 0 Å². The molecule has 1 nitrogen and oxygen atoms in total. The Morgan fingerprint density at radius 2 is 1.45 bits per heavy atom. The zero-order valence-corrected chi connectivity index (χ0v) is 13.5. The summed E-state index contributed by atoms with van der Waals surface area (Å²) >= 11 is 0. The molecule has 1 heteroatoms. The third-order valence-corrected chi connectivity index (χ3v) is 4.17. The predicted molar refractivity (Wildman–Crippen MR) is 89.1 cm³/mol. The molecule has 1 saturated heterocycles. The van der Waals surface area contributed by atoms with Crippen LogP contribution in [-0.2, 0) is 4.74 Å². The van der Waals surface area contributed by atoms with Gasteiger partial charge in [0.2, 0.25) is 0 Å². The van der Waals surface area contributed by atoms with Gasteiger partial charge in [-0.15, -0.1) is 0 Å². The molecule has 0 aromatic heterocycles. The highest BCUT2D eigenvalue weighted by atomic mass is 16.6. The molecule has 20 heavy (non-hydrogen) atoms. The summed E-state index contributed by atoms with van der Waals surface area (Å²) in [4.78, 5) is 0. The van der Waals surface area contributed by atoms with Crippen LogP contribution in [-0.4, -0.2) is 12.2 Å². The van der Waals surface area contributed by atoms with Crippen molar-refractivity contribution in [2.24, 2.45) is 0 Å². The molecule has 0 aliphatic carbocycles. The van der Waals surface area contributed by atoms with Gasteiger partial charge in [-0.1, -0.05) is 95.9 Å². The van der Waals surface area contributed by atoms with E-state index in [0.717, 1.165) is 6.42 Å². The first-order valence-corrected chi connectivity index (χ1v) is 8.81. The summed E-state index contributed by atoms with van der Waals surface area (Å²) in [7, 11) is 0. The van der Waals surface area contributed by atoms with Gasteiger partial charge in [0, 0.05) is 0 Å².